The van der Waals surface area contributed by atoms with Gasteiger partial charge < -0.3 is 5.11 Å². The summed E-state index contributed by atoms with van der Waals surface area (Å²) in [6.07, 6.45) is -0.307. The Hall–Kier alpha value is -2.17. The molecule has 0 aliphatic rings. The van der Waals surface area contributed by atoms with Gasteiger partial charge in [0, 0.05) is 0 Å². The summed E-state index contributed by atoms with van der Waals surface area (Å²) in [5.74, 6) is 0. The standard InChI is InChI=1S/C10H8N2O3/c1-6-2-3-8-7(4-6)9(13)12(5-11-8)10(14)15/h2-5H,1H3,(H,14,15). The van der Waals surface area contributed by atoms with Crippen LogP contribution < -0.4 is 5.56 Å². The molecule has 0 unspecified atom stereocenters. The van der Waals surface area contributed by atoms with E-state index in [9.17, 15) is 9.59 Å². The number of hydrogen-bond acceptors (Lipinski definition) is 3. The van der Waals surface area contributed by atoms with E-state index in [0.717, 1.165) is 11.9 Å². The fourth-order valence-electron chi connectivity index (χ4n) is 1.37. The molecule has 0 aliphatic heterocycles. The molecule has 0 aliphatic carbocycles. The maximum Gasteiger partial charge on any atom is 0.419 e. The van der Waals surface area contributed by atoms with Crippen LogP contribution in [0.5, 0.6) is 0 Å². The lowest BCUT2D eigenvalue weighted by Gasteiger charge is -2.01. The molecule has 1 aromatic carbocycles. The largest absolute Gasteiger partial charge is 0.464 e. The Morgan fingerprint density at radius 3 is 2.87 bits per heavy atom. The SMILES string of the molecule is Cc1ccc2ncn(C(=O)O)c(=O)c2c1. The number of nitrogens with zero attached hydrogens (tertiary/aromatic N) is 2. The molecule has 1 heterocycles. The monoisotopic (exact) mass is 204 g/mol. The van der Waals surface area contributed by atoms with Crippen LogP contribution in [0, 0.1) is 6.92 Å². The van der Waals surface area contributed by atoms with E-state index in [1.807, 2.05) is 13.0 Å². The number of fused-ring (bicyclic) bond motifs is 1. The van der Waals surface area contributed by atoms with Crippen LogP contribution >= 0.6 is 0 Å². The van der Waals surface area contributed by atoms with E-state index in [1.165, 1.54) is 0 Å². The minimum atomic E-state index is -1.32. The smallest absolute Gasteiger partial charge is 0.419 e. The molecule has 0 bridgehead atoms. The van der Waals surface area contributed by atoms with Gasteiger partial charge >= 0.3 is 6.09 Å². The molecule has 1 aromatic heterocycles. The third-order valence-electron chi connectivity index (χ3n) is 2.12. The van der Waals surface area contributed by atoms with Gasteiger partial charge in [0.25, 0.3) is 5.56 Å². The summed E-state index contributed by atoms with van der Waals surface area (Å²) in [5.41, 5.74) is 0.837. The Morgan fingerprint density at radius 2 is 2.20 bits per heavy atom. The number of benzene rings is 1. The Bertz CT molecular complexity index is 601. The molecule has 0 saturated carbocycles. The van der Waals surface area contributed by atoms with E-state index < -0.39 is 11.7 Å². The van der Waals surface area contributed by atoms with Crippen molar-refractivity contribution in [1.29, 1.82) is 0 Å². The Balaban J connectivity index is 2.89. The molecule has 2 rings (SSSR count). The summed E-state index contributed by atoms with van der Waals surface area (Å²) in [4.78, 5) is 26.2. The molecule has 0 amide bonds. The molecule has 1 N–H and O–H groups in total. The summed E-state index contributed by atoms with van der Waals surface area (Å²) in [6.45, 7) is 1.83. The topological polar surface area (TPSA) is 72.2 Å². The number of hydrogen-bond donors (Lipinski definition) is 1. The number of aromatic nitrogens is 2. The fourth-order valence-corrected chi connectivity index (χ4v) is 1.37. The van der Waals surface area contributed by atoms with Crippen molar-refractivity contribution in [2.45, 2.75) is 6.92 Å². The average molecular weight is 204 g/mol. The molecule has 15 heavy (non-hydrogen) atoms. The molecule has 5 heteroatoms. The van der Waals surface area contributed by atoms with E-state index >= 15 is 0 Å². The summed E-state index contributed by atoms with van der Waals surface area (Å²) in [7, 11) is 0. The van der Waals surface area contributed by atoms with Crippen molar-refractivity contribution in [2.24, 2.45) is 0 Å². The van der Waals surface area contributed by atoms with Gasteiger partial charge in [0.05, 0.1) is 10.9 Å². The first kappa shape index (κ1) is 9.39. The van der Waals surface area contributed by atoms with Gasteiger partial charge in [-0.3, -0.25) is 4.79 Å². The molecule has 0 fully saturated rings. The first-order valence-corrected chi connectivity index (χ1v) is 4.31. The molecule has 0 spiro atoms. The van der Waals surface area contributed by atoms with Crippen LogP contribution in [0.1, 0.15) is 5.56 Å². The predicted molar refractivity (Wildman–Crippen MR) is 54.2 cm³/mol. The summed E-state index contributed by atoms with van der Waals surface area (Å²) in [5, 5.41) is 9.04. The first-order valence-electron chi connectivity index (χ1n) is 4.31. The number of carboxylic acid groups (broad SMARTS) is 1. The highest BCUT2D eigenvalue weighted by Gasteiger charge is 2.08. The van der Waals surface area contributed by atoms with Gasteiger partial charge in [-0.05, 0) is 19.1 Å². The second-order valence-electron chi connectivity index (χ2n) is 3.22. The fraction of sp³-hybridized carbons (Fsp3) is 0.100. The van der Waals surface area contributed by atoms with Gasteiger partial charge in [-0.15, -0.1) is 0 Å². The van der Waals surface area contributed by atoms with Gasteiger partial charge in [-0.1, -0.05) is 11.6 Å². The van der Waals surface area contributed by atoms with Crippen molar-refractivity contribution in [3.8, 4) is 0 Å². The zero-order chi connectivity index (χ0) is 11.0. The van der Waals surface area contributed by atoms with Crippen molar-refractivity contribution in [3.63, 3.8) is 0 Å². The normalized spacial score (nSPS) is 10.5. The highest BCUT2D eigenvalue weighted by Crippen LogP contribution is 2.08. The van der Waals surface area contributed by atoms with E-state index in [2.05, 4.69) is 4.98 Å². The molecular weight excluding hydrogens is 196 g/mol. The average Bonchev–Trinajstić information content (AvgIpc) is 2.19. The van der Waals surface area contributed by atoms with Gasteiger partial charge in [-0.2, -0.15) is 0 Å². The quantitative estimate of drug-likeness (QED) is 0.700. The van der Waals surface area contributed by atoms with Gasteiger partial charge in [0.2, 0.25) is 0 Å². The highest BCUT2D eigenvalue weighted by atomic mass is 16.4. The molecule has 2 aromatic rings. The number of carbonyl (C=O) groups is 1. The van der Waals surface area contributed by atoms with Crippen LogP contribution in [0.15, 0.2) is 29.3 Å². The summed E-state index contributed by atoms with van der Waals surface area (Å²) < 4.78 is 0.571. The molecule has 0 radical (unpaired) electrons. The van der Waals surface area contributed by atoms with Gasteiger partial charge in [0.1, 0.15) is 6.33 Å². The third kappa shape index (κ3) is 1.48. The van der Waals surface area contributed by atoms with Crippen molar-refractivity contribution in [3.05, 3.63) is 40.4 Å². The van der Waals surface area contributed by atoms with Crippen molar-refractivity contribution in [2.75, 3.05) is 0 Å². The van der Waals surface area contributed by atoms with Crippen LogP contribution in [0.2, 0.25) is 0 Å². The Morgan fingerprint density at radius 1 is 1.47 bits per heavy atom. The minimum Gasteiger partial charge on any atom is -0.464 e. The third-order valence-corrected chi connectivity index (χ3v) is 2.12. The maximum absolute atomic E-state index is 11.7. The second kappa shape index (κ2) is 3.20. The highest BCUT2D eigenvalue weighted by molar-refractivity contribution is 5.80. The van der Waals surface area contributed by atoms with Crippen molar-refractivity contribution < 1.29 is 9.90 Å². The lowest BCUT2D eigenvalue weighted by molar-refractivity contribution is 0.195. The zero-order valence-corrected chi connectivity index (χ0v) is 7.97. The predicted octanol–water partition coefficient (Wildman–Crippen LogP) is 1.23. The lowest BCUT2D eigenvalue weighted by atomic mass is 10.2. The zero-order valence-electron chi connectivity index (χ0n) is 7.97. The molecule has 5 nitrogen and oxygen atoms in total. The van der Waals surface area contributed by atoms with Crippen LogP contribution in [-0.2, 0) is 0 Å². The molecular formula is C10H8N2O3. The van der Waals surface area contributed by atoms with E-state index in [1.54, 1.807) is 12.1 Å². The number of aryl methyl sites for hydroxylation is 1. The van der Waals surface area contributed by atoms with Crippen LogP contribution in [0.25, 0.3) is 10.9 Å². The van der Waals surface area contributed by atoms with E-state index in [-0.39, 0.29) is 0 Å². The van der Waals surface area contributed by atoms with Gasteiger partial charge in [0.15, 0.2) is 0 Å². The van der Waals surface area contributed by atoms with Crippen LogP contribution in [0.3, 0.4) is 0 Å². The molecule has 0 saturated heterocycles. The molecule has 76 valence electrons. The van der Waals surface area contributed by atoms with E-state index in [4.69, 9.17) is 5.11 Å². The van der Waals surface area contributed by atoms with Gasteiger partial charge in [-0.25, -0.2) is 14.3 Å². The van der Waals surface area contributed by atoms with Crippen LogP contribution in [-0.4, -0.2) is 20.8 Å². The van der Waals surface area contributed by atoms with Crippen molar-refractivity contribution >= 4 is 17.0 Å². The molecule has 0 atom stereocenters. The lowest BCUT2D eigenvalue weighted by Crippen LogP contribution is -2.25. The minimum absolute atomic E-state index is 0.319. The second-order valence-corrected chi connectivity index (χ2v) is 3.22. The summed E-state index contributed by atoms with van der Waals surface area (Å²) >= 11 is 0. The van der Waals surface area contributed by atoms with E-state index in [0.29, 0.717) is 15.5 Å². The number of rotatable bonds is 0. The maximum atomic E-state index is 11.7. The Kier molecular flexibility index (Phi) is 2.00. The van der Waals surface area contributed by atoms with Crippen LogP contribution in [0.4, 0.5) is 4.79 Å². The summed E-state index contributed by atoms with van der Waals surface area (Å²) in [6, 6.07) is 5.14. The Labute approximate surface area is 84.6 Å². The first-order chi connectivity index (χ1) is 7.09. The van der Waals surface area contributed by atoms with Crippen molar-refractivity contribution in [1.82, 2.24) is 9.55 Å².